The molecule has 3 rings (SSSR count). The Morgan fingerprint density at radius 2 is 2.28 bits per heavy atom. The zero-order valence-corrected chi connectivity index (χ0v) is 14.5. The van der Waals surface area contributed by atoms with Crippen molar-refractivity contribution in [3.05, 3.63) is 41.3 Å². The summed E-state index contributed by atoms with van der Waals surface area (Å²) in [5, 5.41) is 6.30. The summed E-state index contributed by atoms with van der Waals surface area (Å²) in [5.41, 5.74) is 0.771. The van der Waals surface area contributed by atoms with Crippen LogP contribution in [0, 0.1) is 0 Å². The topological polar surface area (TPSA) is 85.4 Å². The van der Waals surface area contributed by atoms with Crippen LogP contribution < -0.4 is 15.4 Å². The van der Waals surface area contributed by atoms with Crippen LogP contribution in [-0.4, -0.2) is 42.2 Å². The summed E-state index contributed by atoms with van der Waals surface area (Å²) in [6.07, 6.45) is 5.31. The van der Waals surface area contributed by atoms with Gasteiger partial charge in [-0.05, 0) is 31.0 Å². The molecule has 7 nitrogen and oxygen atoms in total. The molecule has 1 aliphatic heterocycles. The van der Waals surface area contributed by atoms with Crippen molar-refractivity contribution in [1.82, 2.24) is 9.97 Å². The molecule has 1 atom stereocenters. The average Bonchev–Trinajstić information content (AvgIpc) is 3.14. The van der Waals surface area contributed by atoms with Gasteiger partial charge in [0.25, 0.3) is 5.91 Å². The molecule has 132 valence electrons. The minimum atomic E-state index is -0.362. The van der Waals surface area contributed by atoms with Crippen LogP contribution in [-0.2, 0) is 4.74 Å². The van der Waals surface area contributed by atoms with Crippen molar-refractivity contribution in [3.63, 3.8) is 0 Å². The smallest absolute Gasteiger partial charge is 0.275 e. The molecule has 1 aliphatic rings. The molecule has 1 saturated heterocycles. The molecule has 0 bridgehead atoms. The van der Waals surface area contributed by atoms with Crippen molar-refractivity contribution in [2.45, 2.75) is 18.9 Å². The van der Waals surface area contributed by atoms with Crippen molar-refractivity contribution >= 4 is 29.0 Å². The second kappa shape index (κ2) is 8.13. The lowest BCUT2D eigenvalue weighted by atomic mass is 10.2. The van der Waals surface area contributed by atoms with E-state index in [9.17, 15) is 4.79 Å². The Labute approximate surface area is 150 Å². The number of nitrogens with zero attached hydrogens (tertiary/aromatic N) is 2. The maximum Gasteiger partial charge on any atom is 0.275 e. The maximum absolute atomic E-state index is 12.2. The first-order chi connectivity index (χ1) is 12.2. The minimum Gasteiger partial charge on any atom is -0.495 e. The van der Waals surface area contributed by atoms with Crippen molar-refractivity contribution in [2.24, 2.45) is 0 Å². The minimum absolute atomic E-state index is 0.213. The first kappa shape index (κ1) is 17.4. The molecule has 2 N–H and O–H groups in total. The molecule has 0 spiro atoms. The standard InChI is InChI=1S/C17H19ClN4O3/c1-24-15-5-4-11(7-13(15)18)22-17(23)14-9-21-16(10-19-14)20-8-12-3-2-6-25-12/h4-5,7,9-10,12H,2-3,6,8H2,1H3,(H,20,21)(H,22,23). The zero-order chi connectivity index (χ0) is 17.6. The van der Waals surface area contributed by atoms with Gasteiger partial charge in [0.15, 0.2) is 0 Å². The number of rotatable bonds is 6. The van der Waals surface area contributed by atoms with E-state index in [-0.39, 0.29) is 17.7 Å². The van der Waals surface area contributed by atoms with Gasteiger partial charge in [0.1, 0.15) is 17.3 Å². The number of carbonyl (C=O) groups is 1. The van der Waals surface area contributed by atoms with Gasteiger partial charge in [-0.1, -0.05) is 11.6 Å². The molecular weight excluding hydrogens is 344 g/mol. The van der Waals surface area contributed by atoms with Crippen molar-refractivity contribution in [1.29, 1.82) is 0 Å². The number of aromatic nitrogens is 2. The number of amides is 1. The monoisotopic (exact) mass is 362 g/mol. The highest BCUT2D eigenvalue weighted by atomic mass is 35.5. The zero-order valence-electron chi connectivity index (χ0n) is 13.8. The largest absolute Gasteiger partial charge is 0.495 e. The Morgan fingerprint density at radius 1 is 1.40 bits per heavy atom. The number of hydrogen-bond acceptors (Lipinski definition) is 6. The number of hydrogen-bond donors (Lipinski definition) is 2. The van der Waals surface area contributed by atoms with Gasteiger partial charge in [0.2, 0.25) is 0 Å². The van der Waals surface area contributed by atoms with Crippen LogP contribution in [0.3, 0.4) is 0 Å². The number of ether oxygens (including phenoxy) is 2. The average molecular weight is 363 g/mol. The molecule has 2 heterocycles. The molecule has 0 aliphatic carbocycles. The molecule has 1 unspecified atom stereocenters. The van der Waals surface area contributed by atoms with Crippen molar-refractivity contribution in [3.8, 4) is 5.75 Å². The molecule has 1 aromatic heterocycles. The second-order valence-corrected chi connectivity index (χ2v) is 6.01. The molecule has 0 radical (unpaired) electrons. The molecule has 0 saturated carbocycles. The fourth-order valence-electron chi connectivity index (χ4n) is 2.50. The number of carbonyl (C=O) groups excluding carboxylic acids is 1. The highest BCUT2D eigenvalue weighted by Crippen LogP contribution is 2.27. The van der Waals surface area contributed by atoms with Gasteiger partial charge >= 0.3 is 0 Å². The molecule has 1 fully saturated rings. The summed E-state index contributed by atoms with van der Waals surface area (Å²) in [5.74, 6) is 0.792. The van der Waals surface area contributed by atoms with E-state index in [0.717, 1.165) is 19.4 Å². The Bertz CT molecular complexity index is 733. The SMILES string of the molecule is COc1ccc(NC(=O)c2cnc(NCC3CCCO3)cn2)cc1Cl. The third-order valence-electron chi connectivity index (χ3n) is 3.83. The van der Waals surface area contributed by atoms with E-state index in [1.807, 2.05) is 0 Å². The first-order valence-electron chi connectivity index (χ1n) is 7.98. The van der Waals surface area contributed by atoms with E-state index < -0.39 is 0 Å². The molecule has 25 heavy (non-hydrogen) atoms. The van der Waals surface area contributed by atoms with E-state index in [1.165, 1.54) is 19.5 Å². The van der Waals surface area contributed by atoms with E-state index in [1.54, 1.807) is 18.2 Å². The Hall–Kier alpha value is -2.38. The lowest BCUT2D eigenvalue weighted by Gasteiger charge is -2.11. The predicted molar refractivity (Wildman–Crippen MR) is 95.5 cm³/mol. The number of nitrogens with one attached hydrogen (secondary N) is 2. The van der Waals surface area contributed by atoms with E-state index >= 15 is 0 Å². The summed E-state index contributed by atoms with van der Waals surface area (Å²) >= 11 is 6.05. The summed E-state index contributed by atoms with van der Waals surface area (Å²) in [6, 6.07) is 5.00. The number of halogens is 1. The van der Waals surface area contributed by atoms with Gasteiger partial charge in [-0.15, -0.1) is 0 Å². The van der Waals surface area contributed by atoms with Gasteiger partial charge in [-0.2, -0.15) is 0 Å². The quantitative estimate of drug-likeness (QED) is 0.821. The summed E-state index contributed by atoms with van der Waals surface area (Å²) in [4.78, 5) is 20.6. The van der Waals surface area contributed by atoms with Crippen LogP contribution >= 0.6 is 11.6 Å². The Morgan fingerprint density at radius 3 is 2.92 bits per heavy atom. The first-order valence-corrected chi connectivity index (χ1v) is 8.36. The Balaban J connectivity index is 1.57. The van der Waals surface area contributed by atoms with Gasteiger partial charge in [-0.3, -0.25) is 4.79 Å². The van der Waals surface area contributed by atoms with Crippen LogP contribution in [0.5, 0.6) is 5.75 Å². The third kappa shape index (κ3) is 4.58. The number of methoxy groups -OCH3 is 1. The van der Waals surface area contributed by atoms with Gasteiger partial charge in [0, 0.05) is 18.8 Å². The van der Waals surface area contributed by atoms with Gasteiger partial charge < -0.3 is 20.1 Å². The normalized spacial score (nSPS) is 16.5. The van der Waals surface area contributed by atoms with E-state index in [4.69, 9.17) is 21.1 Å². The van der Waals surface area contributed by atoms with E-state index in [0.29, 0.717) is 28.8 Å². The maximum atomic E-state index is 12.2. The third-order valence-corrected chi connectivity index (χ3v) is 4.12. The van der Waals surface area contributed by atoms with Crippen molar-refractivity contribution in [2.75, 3.05) is 30.9 Å². The lowest BCUT2D eigenvalue weighted by molar-refractivity contribution is 0.102. The molecular formula is C17H19ClN4O3. The van der Waals surface area contributed by atoms with Gasteiger partial charge in [-0.25, -0.2) is 9.97 Å². The van der Waals surface area contributed by atoms with Crippen molar-refractivity contribution < 1.29 is 14.3 Å². The van der Waals surface area contributed by atoms with Crippen LogP contribution in [0.15, 0.2) is 30.6 Å². The summed E-state index contributed by atoms with van der Waals surface area (Å²) < 4.78 is 10.6. The van der Waals surface area contributed by atoms with Crippen LogP contribution in [0.4, 0.5) is 11.5 Å². The molecule has 8 heteroatoms. The van der Waals surface area contributed by atoms with E-state index in [2.05, 4.69) is 20.6 Å². The van der Waals surface area contributed by atoms with Crippen LogP contribution in [0.2, 0.25) is 5.02 Å². The number of anilines is 2. The number of benzene rings is 1. The molecule has 2 aromatic rings. The highest BCUT2D eigenvalue weighted by Gasteiger charge is 2.15. The highest BCUT2D eigenvalue weighted by molar-refractivity contribution is 6.32. The van der Waals surface area contributed by atoms with Crippen LogP contribution in [0.1, 0.15) is 23.3 Å². The summed E-state index contributed by atoms with van der Waals surface area (Å²) in [6.45, 7) is 1.50. The predicted octanol–water partition coefficient (Wildman–Crippen LogP) is 2.98. The van der Waals surface area contributed by atoms with Crippen LogP contribution in [0.25, 0.3) is 0 Å². The lowest BCUT2D eigenvalue weighted by Crippen LogP contribution is -2.19. The summed E-state index contributed by atoms with van der Waals surface area (Å²) in [7, 11) is 1.53. The second-order valence-electron chi connectivity index (χ2n) is 5.61. The fraction of sp³-hybridized carbons (Fsp3) is 0.353. The molecule has 1 aromatic carbocycles. The fourth-order valence-corrected chi connectivity index (χ4v) is 2.76. The molecule has 1 amide bonds. The van der Waals surface area contributed by atoms with Gasteiger partial charge in [0.05, 0.1) is 30.6 Å². The Kier molecular flexibility index (Phi) is 5.67.